The molecule has 0 radical (unpaired) electrons. The number of carbonyl (C=O) groups is 2. The third-order valence-electron chi connectivity index (χ3n) is 5.55. The molecule has 2 aromatic carbocycles. The maximum atomic E-state index is 12.6. The summed E-state index contributed by atoms with van der Waals surface area (Å²) in [6.45, 7) is 2.97. The van der Waals surface area contributed by atoms with Crippen LogP contribution in [-0.4, -0.2) is 76.2 Å². The zero-order valence-corrected chi connectivity index (χ0v) is 20.8. The van der Waals surface area contributed by atoms with Crippen molar-refractivity contribution in [3.05, 3.63) is 47.5 Å². The summed E-state index contributed by atoms with van der Waals surface area (Å²) in [6.07, 6.45) is 0. The predicted octanol–water partition coefficient (Wildman–Crippen LogP) is 2.10. The fraction of sp³-hybridized carbons (Fsp3) is 0.417. The van der Waals surface area contributed by atoms with Crippen LogP contribution in [0.25, 0.3) is 0 Å². The second-order valence-electron chi connectivity index (χ2n) is 7.57. The average molecular weight is 494 g/mol. The molecule has 10 heteroatoms. The molecule has 1 aliphatic heterocycles. The van der Waals surface area contributed by atoms with Gasteiger partial charge in [-0.25, -0.2) is 0 Å². The molecule has 3 rings (SSSR count). The number of hydrogen-bond acceptors (Lipinski definition) is 7. The molecule has 1 saturated heterocycles. The SMILES string of the molecule is COc1ccc(CNCCN2CCN(Cc3ccc(OC)c(OC)c3)C(=O)C2=O)cc1OC.Cl. The van der Waals surface area contributed by atoms with E-state index in [-0.39, 0.29) is 12.4 Å². The Hall–Kier alpha value is -3.17. The lowest BCUT2D eigenvalue weighted by Crippen LogP contribution is -2.55. The van der Waals surface area contributed by atoms with Gasteiger partial charge in [-0.05, 0) is 35.4 Å². The Morgan fingerprint density at radius 1 is 0.735 bits per heavy atom. The van der Waals surface area contributed by atoms with Crippen molar-refractivity contribution in [2.24, 2.45) is 0 Å². The van der Waals surface area contributed by atoms with Gasteiger partial charge in [0.25, 0.3) is 0 Å². The van der Waals surface area contributed by atoms with Crippen molar-refractivity contribution < 1.29 is 28.5 Å². The largest absolute Gasteiger partial charge is 0.493 e. The first kappa shape index (κ1) is 27.1. The molecule has 0 saturated carbocycles. The maximum Gasteiger partial charge on any atom is 0.312 e. The summed E-state index contributed by atoms with van der Waals surface area (Å²) in [5.41, 5.74) is 1.91. The Bertz CT molecular complexity index is 985. The second-order valence-corrected chi connectivity index (χ2v) is 7.57. The summed E-state index contributed by atoms with van der Waals surface area (Å²) < 4.78 is 21.1. The van der Waals surface area contributed by atoms with Crippen molar-refractivity contribution in [3.63, 3.8) is 0 Å². The number of rotatable bonds is 11. The molecule has 0 spiro atoms. The third-order valence-corrected chi connectivity index (χ3v) is 5.55. The molecule has 0 unspecified atom stereocenters. The summed E-state index contributed by atoms with van der Waals surface area (Å²) >= 11 is 0. The summed E-state index contributed by atoms with van der Waals surface area (Å²) in [5, 5.41) is 3.31. The van der Waals surface area contributed by atoms with Crippen LogP contribution in [0, 0.1) is 0 Å². The molecular formula is C24H32ClN3O6. The summed E-state index contributed by atoms with van der Waals surface area (Å²) in [7, 11) is 6.33. The molecule has 1 aliphatic rings. The van der Waals surface area contributed by atoms with E-state index in [9.17, 15) is 9.59 Å². The Morgan fingerprint density at radius 3 is 1.82 bits per heavy atom. The van der Waals surface area contributed by atoms with Crippen molar-refractivity contribution >= 4 is 24.2 Å². The number of halogens is 1. The zero-order chi connectivity index (χ0) is 23.8. The van der Waals surface area contributed by atoms with E-state index in [1.165, 1.54) is 0 Å². The van der Waals surface area contributed by atoms with Gasteiger partial charge in [0.15, 0.2) is 23.0 Å². The smallest absolute Gasteiger partial charge is 0.312 e. The molecule has 186 valence electrons. The van der Waals surface area contributed by atoms with Crippen LogP contribution in [0.2, 0.25) is 0 Å². The van der Waals surface area contributed by atoms with Crippen molar-refractivity contribution in [2.45, 2.75) is 13.1 Å². The molecule has 0 aliphatic carbocycles. The van der Waals surface area contributed by atoms with Gasteiger partial charge in [0.05, 0.1) is 28.4 Å². The maximum absolute atomic E-state index is 12.6. The van der Waals surface area contributed by atoms with Crippen molar-refractivity contribution in [1.82, 2.24) is 15.1 Å². The van der Waals surface area contributed by atoms with Crippen LogP contribution in [0.5, 0.6) is 23.0 Å². The molecule has 9 nitrogen and oxygen atoms in total. The van der Waals surface area contributed by atoms with Crippen LogP contribution < -0.4 is 24.3 Å². The van der Waals surface area contributed by atoms with Gasteiger partial charge in [-0.15, -0.1) is 12.4 Å². The van der Waals surface area contributed by atoms with Gasteiger partial charge in [0, 0.05) is 39.3 Å². The van der Waals surface area contributed by atoms with Crippen molar-refractivity contribution in [1.29, 1.82) is 0 Å². The lowest BCUT2D eigenvalue weighted by molar-refractivity contribution is -0.156. The Morgan fingerprint density at radius 2 is 1.24 bits per heavy atom. The number of benzene rings is 2. The minimum atomic E-state index is -0.490. The topological polar surface area (TPSA) is 89.6 Å². The molecule has 1 heterocycles. The number of carbonyl (C=O) groups excluding carboxylic acids is 2. The Labute approximate surface area is 206 Å². The zero-order valence-electron chi connectivity index (χ0n) is 20.0. The molecule has 0 aromatic heterocycles. The van der Waals surface area contributed by atoms with E-state index in [1.54, 1.807) is 44.3 Å². The van der Waals surface area contributed by atoms with Crippen LogP contribution in [0.1, 0.15) is 11.1 Å². The summed E-state index contributed by atoms with van der Waals surface area (Å²) in [5.74, 6) is 1.59. The van der Waals surface area contributed by atoms with Gasteiger partial charge in [-0.2, -0.15) is 0 Å². The first-order valence-electron chi connectivity index (χ1n) is 10.7. The van der Waals surface area contributed by atoms with Gasteiger partial charge in [-0.3, -0.25) is 9.59 Å². The van der Waals surface area contributed by atoms with Gasteiger partial charge in [-0.1, -0.05) is 12.1 Å². The van der Waals surface area contributed by atoms with Crippen molar-refractivity contribution in [2.75, 3.05) is 54.6 Å². The average Bonchev–Trinajstić information content (AvgIpc) is 2.85. The minimum absolute atomic E-state index is 0. The monoisotopic (exact) mass is 493 g/mol. The number of nitrogens with one attached hydrogen (secondary N) is 1. The fourth-order valence-corrected chi connectivity index (χ4v) is 3.72. The van der Waals surface area contributed by atoms with Crippen LogP contribution in [-0.2, 0) is 22.7 Å². The number of piperazine rings is 1. The number of ether oxygens (including phenoxy) is 4. The van der Waals surface area contributed by atoms with Crippen LogP contribution in [0.15, 0.2) is 36.4 Å². The van der Waals surface area contributed by atoms with E-state index in [1.807, 2.05) is 30.3 Å². The summed E-state index contributed by atoms with van der Waals surface area (Å²) in [4.78, 5) is 28.4. The standard InChI is InChI=1S/C24H31N3O6.ClH/c1-30-19-7-5-17(13-21(19)32-3)15-25-9-10-26-11-12-27(24(29)23(26)28)16-18-6-8-20(31-2)22(14-18)33-4;/h5-8,13-14,25H,9-12,15-16H2,1-4H3;1H. The number of nitrogens with zero attached hydrogens (tertiary/aromatic N) is 2. The van der Waals surface area contributed by atoms with Gasteiger partial charge < -0.3 is 34.1 Å². The second kappa shape index (κ2) is 12.9. The van der Waals surface area contributed by atoms with E-state index in [0.717, 1.165) is 11.1 Å². The Kier molecular flexibility index (Phi) is 10.3. The highest BCUT2D eigenvalue weighted by Crippen LogP contribution is 2.29. The fourth-order valence-electron chi connectivity index (χ4n) is 3.72. The van der Waals surface area contributed by atoms with Gasteiger partial charge >= 0.3 is 11.8 Å². The van der Waals surface area contributed by atoms with Gasteiger partial charge in [0.1, 0.15) is 0 Å². The molecule has 0 bridgehead atoms. The number of amides is 2. The normalized spacial score (nSPS) is 13.4. The van der Waals surface area contributed by atoms with Crippen LogP contribution in [0.3, 0.4) is 0 Å². The minimum Gasteiger partial charge on any atom is -0.493 e. The van der Waals surface area contributed by atoms with Crippen molar-refractivity contribution in [3.8, 4) is 23.0 Å². The number of hydrogen-bond donors (Lipinski definition) is 1. The summed E-state index contributed by atoms with van der Waals surface area (Å²) in [6, 6.07) is 11.2. The van der Waals surface area contributed by atoms with E-state index in [4.69, 9.17) is 18.9 Å². The predicted molar refractivity (Wildman–Crippen MR) is 130 cm³/mol. The Balaban J connectivity index is 0.00000408. The van der Waals surface area contributed by atoms with E-state index in [2.05, 4.69) is 5.32 Å². The third kappa shape index (κ3) is 6.45. The number of methoxy groups -OCH3 is 4. The highest BCUT2D eigenvalue weighted by Gasteiger charge is 2.32. The highest BCUT2D eigenvalue weighted by molar-refractivity contribution is 6.35. The first-order valence-corrected chi connectivity index (χ1v) is 10.7. The quantitative estimate of drug-likeness (QED) is 0.379. The van der Waals surface area contributed by atoms with Crippen LogP contribution >= 0.6 is 12.4 Å². The van der Waals surface area contributed by atoms with Crippen LogP contribution in [0.4, 0.5) is 0 Å². The molecule has 1 N–H and O–H groups in total. The van der Waals surface area contributed by atoms with Gasteiger partial charge in [0.2, 0.25) is 0 Å². The van der Waals surface area contributed by atoms with E-state index in [0.29, 0.717) is 62.3 Å². The molecule has 0 atom stereocenters. The molecule has 2 aromatic rings. The highest BCUT2D eigenvalue weighted by atomic mass is 35.5. The lowest BCUT2D eigenvalue weighted by Gasteiger charge is -2.34. The molecule has 34 heavy (non-hydrogen) atoms. The lowest BCUT2D eigenvalue weighted by atomic mass is 10.1. The molecule has 1 fully saturated rings. The molecular weight excluding hydrogens is 462 g/mol. The molecule has 2 amide bonds. The first-order chi connectivity index (χ1) is 16.0. The van der Waals surface area contributed by atoms with E-state index < -0.39 is 11.8 Å². The van der Waals surface area contributed by atoms with E-state index >= 15 is 0 Å².